The maximum absolute atomic E-state index is 5.62. The van der Waals surface area contributed by atoms with Gasteiger partial charge in [0.05, 0.1) is 20.3 Å². The maximum Gasteiger partial charge on any atom is 0.160 e. The fourth-order valence-electron chi connectivity index (χ4n) is 2.01. The van der Waals surface area contributed by atoms with Gasteiger partial charge in [0, 0.05) is 18.0 Å². The van der Waals surface area contributed by atoms with Gasteiger partial charge in [-0.3, -0.25) is 11.3 Å². The number of aromatic nitrogens is 2. The van der Waals surface area contributed by atoms with Gasteiger partial charge in [-0.2, -0.15) is 0 Å². The molecule has 0 radical (unpaired) electrons. The van der Waals surface area contributed by atoms with Gasteiger partial charge in [-0.15, -0.1) is 0 Å². The zero-order valence-electron chi connectivity index (χ0n) is 11.5. The topological polar surface area (TPSA) is 82.3 Å². The molecule has 0 saturated heterocycles. The van der Waals surface area contributed by atoms with Crippen LogP contribution in [-0.4, -0.2) is 24.2 Å². The van der Waals surface area contributed by atoms with Crippen LogP contribution in [0.15, 0.2) is 36.9 Å². The van der Waals surface area contributed by atoms with E-state index in [1.54, 1.807) is 26.6 Å². The van der Waals surface area contributed by atoms with Gasteiger partial charge in [-0.1, -0.05) is 6.07 Å². The Bertz CT molecular complexity index is 548. The van der Waals surface area contributed by atoms with Crippen LogP contribution in [-0.2, 0) is 6.42 Å². The molecule has 0 spiro atoms. The Morgan fingerprint density at radius 2 is 1.85 bits per heavy atom. The number of rotatable bonds is 6. The molecule has 0 amide bonds. The summed E-state index contributed by atoms with van der Waals surface area (Å²) in [6.07, 6.45) is 5.69. The first-order valence-electron chi connectivity index (χ1n) is 6.20. The Morgan fingerprint density at radius 1 is 1.15 bits per heavy atom. The van der Waals surface area contributed by atoms with Crippen molar-refractivity contribution in [2.75, 3.05) is 14.2 Å². The quantitative estimate of drug-likeness (QED) is 0.609. The Kier molecular flexibility index (Phi) is 4.86. The highest BCUT2D eigenvalue weighted by atomic mass is 16.5. The molecule has 0 bridgehead atoms. The van der Waals surface area contributed by atoms with Gasteiger partial charge in [-0.05, 0) is 24.1 Å². The van der Waals surface area contributed by atoms with Gasteiger partial charge < -0.3 is 9.47 Å². The molecule has 1 aromatic heterocycles. The van der Waals surface area contributed by atoms with E-state index < -0.39 is 0 Å². The molecule has 106 valence electrons. The summed E-state index contributed by atoms with van der Waals surface area (Å²) in [5, 5.41) is 0. The van der Waals surface area contributed by atoms with E-state index in [4.69, 9.17) is 15.3 Å². The molecule has 6 nitrogen and oxygen atoms in total. The summed E-state index contributed by atoms with van der Waals surface area (Å²) in [6, 6.07) is 5.74. The lowest BCUT2D eigenvalue weighted by Gasteiger charge is -2.16. The van der Waals surface area contributed by atoms with Crippen LogP contribution < -0.4 is 20.7 Å². The number of ether oxygens (including phenoxy) is 2. The lowest BCUT2D eigenvalue weighted by atomic mass is 10.0. The molecule has 0 saturated carbocycles. The van der Waals surface area contributed by atoms with Crippen molar-refractivity contribution in [3.63, 3.8) is 0 Å². The first-order chi connectivity index (χ1) is 9.78. The van der Waals surface area contributed by atoms with Gasteiger partial charge in [0.15, 0.2) is 11.5 Å². The van der Waals surface area contributed by atoms with Crippen molar-refractivity contribution in [3.8, 4) is 11.5 Å². The number of nitrogens with zero attached hydrogens (tertiary/aromatic N) is 2. The number of nitrogens with two attached hydrogens (primary N) is 1. The SMILES string of the molecule is COc1ccc(CC(NN)c2cncnc2)cc1OC. The number of hydrogen-bond acceptors (Lipinski definition) is 6. The Morgan fingerprint density at radius 3 is 2.45 bits per heavy atom. The van der Waals surface area contributed by atoms with Crippen molar-refractivity contribution in [1.82, 2.24) is 15.4 Å². The second-order valence-electron chi connectivity index (χ2n) is 4.28. The Labute approximate surface area is 117 Å². The molecular formula is C14H18N4O2. The molecule has 1 atom stereocenters. The number of hydrogen-bond donors (Lipinski definition) is 2. The second-order valence-corrected chi connectivity index (χ2v) is 4.28. The average molecular weight is 274 g/mol. The highest BCUT2D eigenvalue weighted by molar-refractivity contribution is 5.43. The van der Waals surface area contributed by atoms with Crippen molar-refractivity contribution in [2.45, 2.75) is 12.5 Å². The van der Waals surface area contributed by atoms with Gasteiger partial charge in [0.2, 0.25) is 0 Å². The van der Waals surface area contributed by atoms with Crippen LogP contribution in [0.4, 0.5) is 0 Å². The van der Waals surface area contributed by atoms with E-state index in [0.29, 0.717) is 17.9 Å². The highest BCUT2D eigenvalue weighted by Gasteiger charge is 2.13. The predicted molar refractivity (Wildman–Crippen MR) is 75.3 cm³/mol. The fourth-order valence-corrected chi connectivity index (χ4v) is 2.01. The highest BCUT2D eigenvalue weighted by Crippen LogP contribution is 2.29. The van der Waals surface area contributed by atoms with Crippen LogP contribution in [0, 0.1) is 0 Å². The maximum atomic E-state index is 5.62. The summed E-state index contributed by atoms with van der Waals surface area (Å²) in [5.74, 6) is 7.02. The Balaban J connectivity index is 2.20. The first-order valence-corrected chi connectivity index (χ1v) is 6.20. The van der Waals surface area contributed by atoms with Crippen LogP contribution in [0.1, 0.15) is 17.2 Å². The summed E-state index contributed by atoms with van der Waals surface area (Å²) in [6.45, 7) is 0. The summed E-state index contributed by atoms with van der Waals surface area (Å²) in [5.41, 5.74) is 4.79. The molecule has 6 heteroatoms. The minimum Gasteiger partial charge on any atom is -0.493 e. The van der Waals surface area contributed by atoms with Gasteiger partial charge in [-0.25, -0.2) is 9.97 Å². The summed E-state index contributed by atoms with van der Waals surface area (Å²) in [7, 11) is 3.23. The van der Waals surface area contributed by atoms with Crippen LogP contribution in [0.3, 0.4) is 0 Å². The zero-order chi connectivity index (χ0) is 14.4. The summed E-state index contributed by atoms with van der Waals surface area (Å²) < 4.78 is 10.5. The van der Waals surface area contributed by atoms with E-state index in [2.05, 4.69) is 15.4 Å². The summed E-state index contributed by atoms with van der Waals surface area (Å²) >= 11 is 0. The van der Waals surface area contributed by atoms with Crippen LogP contribution in [0.2, 0.25) is 0 Å². The number of benzene rings is 1. The molecule has 3 N–H and O–H groups in total. The van der Waals surface area contributed by atoms with E-state index in [-0.39, 0.29) is 6.04 Å². The van der Waals surface area contributed by atoms with Crippen LogP contribution in [0.5, 0.6) is 11.5 Å². The molecule has 0 aliphatic rings. The first kappa shape index (κ1) is 14.2. The molecule has 0 aliphatic heterocycles. The molecular weight excluding hydrogens is 256 g/mol. The molecule has 1 aromatic carbocycles. The van der Waals surface area contributed by atoms with E-state index in [1.807, 2.05) is 18.2 Å². The van der Waals surface area contributed by atoms with E-state index in [0.717, 1.165) is 11.1 Å². The smallest absolute Gasteiger partial charge is 0.160 e. The van der Waals surface area contributed by atoms with Crippen molar-refractivity contribution >= 4 is 0 Å². The fraction of sp³-hybridized carbons (Fsp3) is 0.286. The minimum atomic E-state index is -0.0608. The van der Waals surface area contributed by atoms with Crippen LogP contribution in [0.25, 0.3) is 0 Å². The van der Waals surface area contributed by atoms with Gasteiger partial charge in [0.1, 0.15) is 6.33 Å². The van der Waals surface area contributed by atoms with E-state index in [9.17, 15) is 0 Å². The third-order valence-electron chi connectivity index (χ3n) is 3.07. The number of nitrogens with one attached hydrogen (secondary N) is 1. The lowest BCUT2D eigenvalue weighted by Crippen LogP contribution is -2.29. The second kappa shape index (κ2) is 6.83. The molecule has 0 aliphatic carbocycles. The lowest BCUT2D eigenvalue weighted by molar-refractivity contribution is 0.354. The van der Waals surface area contributed by atoms with Crippen molar-refractivity contribution in [1.29, 1.82) is 0 Å². The van der Waals surface area contributed by atoms with E-state index >= 15 is 0 Å². The van der Waals surface area contributed by atoms with Crippen molar-refractivity contribution in [3.05, 3.63) is 48.0 Å². The van der Waals surface area contributed by atoms with E-state index in [1.165, 1.54) is 6.33 Å². The van der Waals surface area contributed by atoms with Gasteiger partial charge in [0.25, 0.3) is 0 Å². The third-order valence-corrected chi connectivity index (χ3v) is 3.07. The zero-order valence-corrected chi connectivity index (χ0v) is 11.5. The molecule has 20 heavy (non-hydrogen) atoms. The van der Waals surface area contributed by atoms with Crippen LogP contribution >= 0.6 is 0 Å². The molecule has 2 aromatic rings. The largest absolute Gasteiger partial charge is 0.493 e. The monoisotopic (exact) mass is 274 g/mol. The normalized spacial score (nSPS) is 11.9. The standard InChI is InChI=1S/C14H18N4O2/c1-19-13-4-3-10(6-14(13)20-2)5-12(18-15)11-7-16-9-17-8-11/h3-4,6-9,12,18H,5,15H2,1-2H3. The summed E-state index contributed by atoms with van der Waals surface area (Å²) in [4.78, 5) is 8.01. The third kappa shape index (κ3) is 3.23. The number of methoxy groups -OCH3 is 2. The van der Waals surface area contributed by atoms with Crippen molar-refractivity contribution in [2.24, 2.45) is 5.84 Å². The molecule has 1 heterocycles. The minimum absolute atomic E-state index is 0.0608. The van der Waals surface area contributed by atoms with Crippen molar-refractivity contribution < 1.29 is 9.47 Å². The average Bonchev–Trinajstić information content (AvgIpc) is 2.53. The molecule has 1 unspecified atom stereocenters. The van der Waals surface area contributed by atoms with Gasteiger partial charge >= 0.3 is 0 Å². The molecule has 2 rings (SSSR count). The predicted octanol–water partition coefficient (Wildman–Crippen LogP) is 1.24. The molecule has 0 fully saturated rings. The Hall–Kier alpha value is -2.18. The number of hydrazine groups is 1.